The van der Waals surface area contributed by atoms with Gasteiger partial charge < -0.3 is 30.8 Å². The molecule has 6 rings (SSSR count). The number of hydrogen-bond acceptors (Lipinski definition) is 10. The number of para-hydroxylation sites is 2. The van der Waals surface area contributed by atoms with E-state index >= 15 is 0 Å². The molecule has 0 bridgehead atoms. The third kappa shape index (κ3) is 9.60. The Bertz CT molecular complexity index is 2770. The first kappa shape index (κ1) is 51.8. The Morgan fingerprint density at radius 2 is 0.791 bits per heavy atom. The maximum absolute atomic E-state index is 12.9. The van der Waals surface area contributed by atoms with E-state index in [1.54, 1.807) is 0 Å². The summed E-state index contributed by atoms with van der Waals surface area (Å²) in [5.74, 6) is -2.17. The average molecular weight is 967 g/mol. The molecule has 4 aromatic carbocycles. The van der Waals surface area contributed by atoms with Crippen molar-refractivity contribution in [1.29, 1.82) is 0 Å². The second-order valence-electron chi connectivity index (χ2n) is 13.5. The molecule has 6 N–H and O–H groups in total. The fourth-order valence-corrected chi connectivity index (χ4v) is 6.08. The third-order valence-corrected chi connectivity index (χ3v) is 9.43. The SMILES string of the molecule is C.O=C(Nc1ccc(C(O)(C(F)(F)F)C(F)(F)F)cc1)c1c[nH]c2c([N+](=O)[O-])cccc2c1=O.O=C(Nc1ccc(C(O)(C(F)(F)F)C(F)(F)F)cc1)c1c[nH]c2c([N+](=O)[O-])cccc2c1=O. The number of nitrogens with zero attached hydrogens (tertiary/aromatic N) is 2. The summed E-state index contributed by atoms with van der Waals surface area (Å²) in [4.78, 5) is 75.5. The predicted octanol–water partition coefficient (Wildman–Crippen LogP) is 8.64. The van der Waals surface area contributed by atoms with Gasteiger partial charge in [0, 0.05) is 47.0 Å². The second kappa shape index (κ2) is 18.2. The molecule has 16 nitrogen and oxygen atoms in total. The minimum Gasteiger partial charge on any atom is -0.369 e. The minimum atomic E-state index is -6.07. The number of non-ortho nitro benzene ring substituents is 2. The molecule has 2 amide bonds. The molecule has 0 atom stereocenters. The lowest BCUT2D eigenvalue weighted by atomic mass is 9.92. The molecule has 2 aromatic heterocycles. The first-order valence-corrected chi connectivity index (χ1v) is 17.5. The molecule has 0 radical (unpaired) electrons. The maximum Gasteiger partial charge on any atom is 0.430 e. The van der Waals surface area contributed by atoms with Gasteiger partial charge in [-0.05, 0) is 36.4 Å². The standard InChI is InChI=1S/2C19H11F6N3O5.CH4/c2*20-18(21,22)17(31,19(23,24)25)9-4-6-10(7-5-9)27-16(30)12-8-26-14-11(15(12)29)2-1-3-13(14)28(32)33;/h2*1-8,31H,(H,26,29)(H,27,30);1H4. The highest BCUT2D eigenvalue weighted by Gasteiger charge is 2.72. The lowest BCUT2D eigenvalue weighted by Crippen LogP contribution is -2.53. The summed E-state index contributed by atoms with van der Waals surface area (Å²) in [6.45, 7) is 0. The summed E-state index contributed by atoms with van der Waals surface area (Å²) in [6, 6.07) is 11.1. The van der Waals surface area contributed by atoms with E-state index in [2.05, 4.69) is 20.6 Å². The first-order valence-electron chi connectivity index (χ1n) is 17.5. The van der Waals surface area contributed by atoms with Crippen LogP contribution < -0.4 is 21.5 Å². The van der Waals surface area contributed by atoms with Crippen LogP contribution in [0.15, 0.2) is 107 Å². The number of nitrogens with one attached hydrogen (secondary N) is 4. The Balaban J connectivity index is 0.000000288. The second-order valence-corrected chi connectivity index (χ2v) is 13.5. The summed E-state index contributed by atoms with van der Waals surface area (Å²) in [5.41, 5.74) is -17.9. The van der Waals surface area contributed by atoms with Gasteiger partial charge in [-0.1, -0.05) is 43.8 Å². The third-order valence-electron chi connectivity index (χ3n) is 9.43. The molecule has 0 aliphatic carbocycles. The van der Waals surface area contributed by atoms with E-state index in [9.17, 15) is 102 Å². The number of pyridine rings is 2. The summed E-state index contributed by atoms with van der Waals surface area (Å²) in [6.07, 6.45) is -22.5. The van der Waals surface area contributed by atoms with Crippen LogP contribution in [-0.4, -0.2) is 66.5 Å². The van der Waals surface area contributed by atoms with Crippen LogP contribution in [0.1, 0.15) is 39.3 Å². The van der Waals surface area contributed by atoms with Crippen molar-refractivity contribution in [3.05, 3.63) is 160 Å². The quantitative estimate of drug-likeness (QED) is 0.0481. The van der Waals surface area contributed by atoms with Gasteiger partial charge in [0.05, 0.1) is 20.6 Å². The Labute approximate surface area is 362 Å². The highest BCUT2D eigenvalue weighted by atomic mass is 19.4. The zero-order valence-corrected chi connectivity index (χ0v) is 31.8. The molecule has 0 saturated heterocycles. The van der Waals surface area contributed by atoms with Crippen LogP contribution in [-0.2, 0) is 11.2 Å². The van der Waals surface area contributed by atoms with Crippen molar-refractivity contribution in [2.45, 2.75) is 43.3 Å². The summed E-state index contributed by atoms with van der Waals surface area (Å²) in [7, 11) is 0. The fraction of sp³-hybridized carbons (Fsp3) is 0.179. The Kier molecular flexibility index (Phi) is 14.0. The highest BCUT2D eigenvalue weighted by Crippen LogP contribution is 2.51. The van der Waals surface area contributed by atoms with Gasteiger partial charge in [0.25, 0.3) is 34.4 Å². The number of hydrogen-bond donors (Lipinski definition) is 6. The molecular weight excluding hydrogens is 940 g/mol. The van der Waals surface area contributed by atoms with Crippen LogP contribution in [0.4, 0.5) is 75.4 Å². The van der Waals surface area contributed by atoms with E-state index in [1.165, 1.54) is 24.3 Å². The number of amides is 2. The number of H-pyrrole nitrogens is 2. The molecule has 0 saturated carbocycles. The van der Waals surface area contributed by atoms with Crippen LogP contribution in [0.5, 0.6) is 0 Å². The van der Waals surface area contributed by atoms with Crippen molar-refractivity contribution in [3.63, 3.8) is 0 Å². The number of aromatic amines is 2. The largest absolute Gasteiger partial charge is 0.430 e. The number of alkyl halides is 12. The summed E-state index contributed by atoms with van der Waals surface area (Å²) < 4.78 is 155. The number of halogens is 12. The molecule has 0 fully saturated rings. The molecular formula is C39H26F12N6O10. The molecule has 28 heteroatoms. The topological polar surface area (TPSA) is 251 Å². The highest BCUT2D eigenvalue weighted by molar-refractivity contribution is 6.07. The van der Waals surface area contributed by atoms with Gasteiger partial charge in [-0.2, -0.15) is 52.7 Å². The van der Waals surface area contributed by atoms with Crippen molar-refractivity contribution in [3.8, 4) is 0 Å². The number of nitro benzene ring substituents is 2. The van der Waals surface area contributed by atoms with Gasteiger partial charge in [-0.3, -0.25) is 39.4 Å². The molecule has 0 spiro atoms. The van der Waals surface area contributed by atoms with Crippen molar-refractivity contribution in [2.24, 2.45) is 0 Å². The smallest absolute Gasteiger partial charge is 0.369 e. The number of aromatic nitrogens is 2. The molecule has 0 unspecified atom stereocenters. The molecule has 2 heterocycles. The van der Waals surface area contributed by atoms with Gasteiger partial charge in [0.15, 0.2) is 0 Å². The van der Waals surface area contributed by atoms with E-state index < -0.39 is 102 Å². The lowest BCUT2D eigenvalue weighted by molar-refractivity contribution is -0.383. The summed E-state index contributed by atoms with van der Waals surface area (Å²) in [5, 5.41) is 44.7. The zero-order chi connectivity index (χ0) is 49.5. The van der Waals surface area contributed by atoms with Gasteiger partial charge in [0.2, 0.25) is 10.9 Å². The maximum atomic E-state index is 12.9. The first-order chi connectivity index (χ1) is 30.4. The number of carbonyl (C=O) groups is 2. The number of aliphatic hydroxyl groups is 2. The number of nitro groups is 2. The Hall–Kier alpha value is -7.88. The van der Waals surface area contributed by atoms with E-state index in [0.717, 1.165) is 24.5 Å². The van der Waals surface area contributed by atoms with Crippen molar-refractivity contribution in [2.75, 3.05) is 10.6 Å². The molecule has 0 aliphatic heterocycles. The van der Waals surface area contributed by atoms with E-state index in [4.69, 9.17) is 0 Å². The number of rotatable bonds is 8. The summed E-state index contributed by atoms with van der Waals surface area (Å²) >= 11 is 0. The van der Waals surface area contributed by atoms with Crippen LogP contribution in [0, 0.1) is 20.2 Å². The minimum absolute atomic E-state index is 0. The Morgan fingerprint density at radius 3 is 1.04 bits per heavy atom. The normalized spacial score (nSPS) is 12.4. The number of benzene rings is 4. The number of carbonyl (C=O) groups excluding carboxylic acids is 2. The van der Waals surface area contributed by atoms with Crippen molar-refractivity contribution in [1.82, 2.24) is 9.97 Å². The lowest BCUT2D eigenvalue weighted by Gasteiger charge is -2.32. The van der Waals surface area contributed by atoms with Crippen molar-refractivity contribution >= 4 is 56.4 Å². The van der Waals surface area contributed by atoms with Gasteiger partial charge in [0.1, 0.15) is 22.2 Å². The predicted molar refractivity (Wildman–Crippen MR) is 210 cm³/mol. The Morgan fingerprint density at radius 1 is 0.507 bits per heavy atom. The van der Waals surface area contributed by atoms with Crippen LogP contribution in [0.2, 0.25) is 0 Å². The molecule has 6 aromatic rings. The number of fused-ring (bicyclic) bond motifs is 2. The molecule has 356 valence electrons. The van der Waals surface area contributed by atoms with E-state index in [0.29, 0.717) is 48.5 Å². The fourth-order valence-electron chi connectivity index (χ4n) is 6.08. The van der Waals surface area contributed by atoms with Crippen LogP contribution in [0.25, 0.3) is 21.8 Å². The molecule has 67 heavy (non-hydrogen) atoms. The van der Waals surface area contributed by atoms with Crippen molar-refractivity contribution < 1.29 is 82.3 Å². The van der Waals surface area contributed by atoms with Crippen LogP contribution in [0.3, 0.4) is 0 Å². The van der Waals surface area contributed by atoms with Gasteiger partial charge in [-0.25, -0.2) is 0 Å². The van der Waals surface area contributed by atoms with E-state index in [1.807, 2.05) is 0 Å². The molecule has 0 aliphatic rings. The van der Waals surface area contributed by atoms with E-state index in [-0.39, 0.29) is 40.6 Å². The number of anilines is 2. The van der Waals surface area contributed by atoms with Gasteiger partial charge in [-0.15, -0.1) is 0 Å². The zero-order valence-electron chi connectivity index (χ0n) is 31.8. The monoisotopic (exact) mass is 966 g/mol. The average Bonchev–Trinajstić information content (AvgIpc) is 3.22. The van der Waals surface area contributed by atoms with Gasteiger partial charge >= 0.3 is 24.7 Å². The van der Waals surface area contributed by atoms with Crippen LogP contribution >= 0.6 is 0 Å².